The fourth-order valence-electron chi connectivity index (χ4n) is 3.39. The molecule has 1 aromatic heterocycles. The Morgan fingerprint density at radius 3 is 2.73 bits per heavy atom. The van der Waals surface area contributed by atoms with Crippen molar-refractivity contribution in [2.45, 2.75) is 58.1 Å². The van der Waals surface area contributed by atoms with E-state index in [1.165, 1.54) is 16.3 Å². The molecule has 2 heterocycles. The van der Waals surface area contributed by atoms with Crippen LogP contribution in [-0.2, 0) is 11.8 Å². The minimum Gasteiger partial charge on any atom is -0.440 e. The number of thioether (sulfide) groups is 1. The number of oxazole rings is 1. The third-order valence-corrected chi connectivity index (χ3v) is 6.47. The minimum absolute atomic E-state index is 0.00337. The number of benzene rings is 1. The Morgan fingerprint density at radius 1 is 1.19 bits per heavy atom. The Balaban J connectivity index is 1.59. The average Bonchev–Trinajstić information content (AvgIpc) is 3.18. The summed E-state index contributed by atoms with van der Waals surface area (Å²) in [6.07, 6.45) is 8.53. The highest BCUT2D eigenvalue weighted by Crippen LogP contribution is 2.42. The van der Waals surface area contributed by atoms with E-state index >= 15 is 0 Å². The quantitative estimate of drug-likeness (QED) is 0.663. The summed E-state index contributed by atoms with van der Waals surface area (Å²) in [7, 11) is 0. The molecular weight excluding hydrogens is 340 g/mol. The van der Waals surface area contributed by atoms with E-state index in [4.69, 9.17) is 9.41 Å². The largest absolute Gasteiger partial charge is 0.440 e. The lowest BCUT2D eigenvalue weighted by Gasteiger charge is -2.24. The SMILES string of the molecule is CC(C)(Cc1ccc2nc(C(C)(C)C)oc2c1)C1=NC2=CC=CCC2S1. The average molecular weight is 367 g/mol. The minimum atomic E-state index is -0.0777. The van der Waals surface area contributed by atoms with Gasteiger partial charge in [-0.15, -0.1) is 11.8 Å². The third kappa shape index (κ3) is 3.27. The summed E-state index contributed by atoms with van der Waals surface area (Å²) in [6, 6.07) is 6.40. The van der Waals surface area contributed by atoms with Crippen molar-refractivity contribution in [1.82, 2.24) is 4.98 Å². The van der Waals surface area contributed by atoms with E-state index in [-0.39, 0.29) is 10.8 Å². The lowest BCUT2D eigenvalue weighted by molar-refractivity contribution is 0.410. The summed E-state index contributed by atoms with van der Waals surface area (Å²) < 4.78 is 6.03. The first-order valence-corrected chi connectivity index (χ1v) is 10.1. The molecule has 0 fully saturated rings. The van der Waals surface area contributed by atoms with Gasteiger partial charge in [-0.1, -0.05) is 52.8 Å². The molecule has 0 N–H and O–H groups in total. The molecular formula is C22H26N2OS. The summed E-state index contributed by atoms with van der Waals surface area (Å²) in [6.45, 7) is 10.9. The summed E-state index contributed by atoms with van der Waals surface area (Å²) >= 11 is 1.93. The first-order chi connectivity index (χ1) is 12.2. The number of nitrogens with zero attached hydrogens (tertiary/aromatic N) is 2. The predicted octanol–water partition coefficient (Wildman–Crippen LogP) is 6.05. The second kappa shape index (κ2) is 6.12. The molecule has 1 aliphatic carbocycles. The number of aliphatic imine (C=N–C) groups is 1. The summed E-state index contributed by atoms with van der Waals surface area (Å²) in [5.41, 5.74) is 4.23. The number of allylic oxidation sites excluding steroid dienone is 3. The molecule has 0 saturated carbocycles. The maximum atomic E-state index is 6.03. The first-order valence-electron chi connectivity index (χ1n) is 9.25. The fourth-order valence-corrected chi connectivity index (χ4v) is 4.67. The standard InChI is InChI=1S/C22H26N2OS/c1-21(2,3)19-23-15-11-10-14(12-17(15)25-19)13-22(4,5)20-24-16-8-6-7-9-18(16)26-20/h6-8,10-12,18H,9,13H2,1-5H3. The monoisotopic (exact) mass is 366 g/mol. The van der Waals surface area contributed by atoms with Crippen molar-refractivity contribution < 1.29 is 4.42 Å². The van der Waals surface area contributed by atoms with E-state index in [9.17, 15) is 0 Å². The Labute approximate surface area is 159 Å². The van der Waals surface area contributed by atoms with Gasteiger partial charge < -0.3 is 4.42 Å². The molecule has 1 unspecified atom stereocenters. The molecule has 1 aliphatic heterocycles. The van der Waals surface area contributed by atoms with Gasteiger partial charge in [0.15, 0.2) is 5.58 Å². The molecule has 0 saturated heterocycles. The number of rotatable bonds is 3. The number of aromatic nitrogens is 1. The van der Waals surface area contributed by atoms with Crippen LogP contribution in [0.1, 0.15) is 52.5 Å². The van der Waals surface area contributed by atoms with E-state index in [1.54, 1.807) is 0 Å². The smallest absolute Gasteiger partial charge is 0.200 e. The van der Waals surface area contributed by atoms with Crippen LogP contribution in [-0.4, -0.2) is 15.3 Å². The van der Waals surface area contributed by atoms with Gasteiger partial charge in [0.05, 0.1) is 16.0 Å². The maximum absolute atomic E-state index is 6.03. The predicted molar refractivity (Wildman–Crippen MR) is 111 cm³/mol. The molecule has 0 bridgehead atoms. The van der Waals surface area contributed by atoms with Crippen LogP contribution < -0.4 is 0 Å². The van der Waals surface area contributed by atoms with Crippen LogP contribution >= 0.6 is 11.8 Å². The topological polar surface area (TPSA) is 38.4 Å². The Morgan fingerprint density at radius 2 is 2.00 bits per heavy atom. The van der Waals surface area contributed by atoms with E-state index in [2.05, 4.69) is 76.0 Å². The lowest BCUT2D eigenvalue weighted by Crippen LogP contribution is -2.23. The highest BCUT2D eigenvalue weighted by Gasteiger charge is 2.34. The zero-order valence-electron chi connectivity index (χ0n) is 16.2. The zero-order valence-corrected chi connectivity index (χ0v) is 17.0. The van der Waals surface area contributed by atoms with E-state index in [0.717, 1.165) is 29.8 Å². The van der Waals surface area contributed by atoms with Crippen molar-refractivity contribution >= 4 is 27.9 Å². The van der Waals surface area contributed by atoms with Crippen LogP contribution in [0.5, 0.6) is 0 Å². The molecule has 136 valence electrons. The molecule has 3 nitrogen and oxygen atoms in total. The van der Waals surface area contributed by atoms with Crippen LogP contribution in [0.25, 0.3) is 11.1 Å². The maximum Gasteiger partial charge on any atom is 0.200 e. The molecule has 1 atom stereocenters. The highest BCUT2D eigenvalue weighted by molar-refractivity contribution is 8.15. The Hall–Kier alpha value is -1.81. The summed E-state index contributed by atoms with van der Waals surface area (Å²) in [5.74, 6) is 0.795. The van der Waals surface area contributed by atoms with Crippen molar-refractivity contribution in [1.29, 1.82) is 0 Å². The van der Waals surface area contributed by atoms with Gasteiger partial charge in [-0.25, -0.2) is 9.98 Å². The molecule has 26 heavy (non-hydrogen) atoms. The number of hydrogen-bond donors (Lipinski definition) is 0. The molecule has 2 aromatic rings. The highest BCUT2D eigenvalue weighted by atomic mass is 32.2. The van der Waals surface area contributed by atoms with E-state index < -0.39 is 0 Å². The summed E-state index contributed by atoms with van der Waals surface area (Å²) in [4.78, 5) is 9.57. The van der Waals surface area contributed by atoms with E-state index in [0.29, 0.717) is 5.25 Å². The molecule has 0 spiro atoms. The second-order valence-corrected chi connectivity index (χ2v) is 10.1. The number of fused-ring (bicyclic) bond motifs is 2. The van der Waals surface area contributed by atoms with Crippen molar-refractivity contribution in [2.24, 2.45) is 10.4 Å². The van der Waals surface area contributed by atoms with Crippen LogP contribution in [0.15, 0.2) is 51.5 Å². The van der Waals surface area contributed by atoms with Gasteiger partial charge in [0.2, 0.25) is 5.89 Å². The third-order valence-electron chi connectivity index (χ3n) is 4.89. The molecule has 4 heteroatoms. The molecule has 1 aromatic carbocycles. The van der Waals surface area contributed by atoms with Gasteiger partial charge in [0, 0.05) is 10.8 Å². The van der Waals surface area contributed by atoms with Crippen LogP contribution in [0.2, 0.25) is 0 Å². The van der Waals surface area contributed by atoms with Gasteiger partial charge in [-0.2, -0.15) is 0 Å². The van der Waals surface area contributed by atoms with Crippen LogP contribution in [0, 0.1) is 5.41 Å². The van der Waals surface area contributed by atoms with Gasteiger partial charge in [0.25, 0.3) is 0 Å². The summed E-state index contributed by atoms with van der Waals surface area (Å²) in [5, 5.41) is 1.74. The van der Waals surface area contributed by atoms with Gasteiger partial charge >= 0.3 is 0 Å². The second-order valence-electron chi connectivity index (χ2n) is 8.91. The lowest BCUT2D eigenvalue weighted by atomic mass is 9.86. The van der Waals surface area contributed by atoms with Crippen molar-refractivity contribution in [3.8, 4) is 0 Å². The van der Waals surface area contributed by atoms with Gasteiger partial charge in [-0.3, -0.25) is 0 Å². The first kappa shape index (κ1) is 17.6. The number of hydrogen-bond acceptors (Lipinski definition) is 4. The molecule has 0 amide bonds. The van der Waals surface area contributed by atoms with E-state index in [1.807, 2.05) is 11.8 Å². The fraction of sp³-hybridized carbons (Fsp3) is 0.455. The Kier molecular flexibility index (Phi) is 4.14. The molecule has 0 radical (unpaired) electrons. The molecule has 4 rings (SSSR count). The Bertz CT molecular complexity index is 941. The van der Waals surface area contributed by atoms with Crippen LogP contribution in [0.4, 0.5) is 0 Å². The van der Waals surface area contributed by atoms with Gasteiger partial charge in [-0.05, 0) is 36.6 Å². The van der Waals surface area contributed by atoms with Crippen LogP contribution in [0.3, 0.4) is 0 Å². The van der Waals surface area contributed by atoms with Crippen molar-refractivity contribution in [3.05, 3.63) is 53.6 Å². The van der Waals surface area contributed by atoms with Crippen molar-refractivity contribution in [3.63, 3.8) is 0 Å². The van der Waals surface area contributed by atoms with Crippen molar-refractivity contribution in [2.75, 3.05) is 0 Å². The zero-order chi connectivity index (χ0) is 18.5. The molecule has 2 aliphatic rings. The normalized spacial score (nSPS) is 20.3. The van der Waals surface area contributed by atoms with Gasteiger partial charge in [0.1, 0.15) is 5.52 Å².